The summed E-state index contributed by atoms with van der Waals surface area (Å²) in [6.07, 6.45) is 41.6. The van der Waals surface area contributed by atoms with Crippen LogP contribution in [0.4, 0.5) is 0 Å². The molecule has 0 spiro atoms. The molecule has 1 aromatic carbocycles. The number of unbranched alkanes of at least 4 members (excludes halogenated alkanes) is 27. The highest BCUT2D eigenvalue weighted by molar-refractivity contribution is 5.94. The first-order chi connectivity index (χ1) is 20.8. The van der Waals surface area contributed by atoms with Crippen LogP contribution < -0.4 is 0 Å². The van der Waals surface area contributed by atoms with Crippen molar-refractivity contribution in [3.05, 3.63) is 48.6 Å². The minimum absolute atomic E-state index is 0.125. The fourth-order valence-electron chi connectivity index (χ4n) is 6.17. The second-order valence-electron chi connectivity index (χ2n) is 13.0. The molecular formula is C40H71NO. The number of rotatable bonds is 32. The average Bonchev–Trinajstić information content (AvgIpc) is 3.02. The highest BCUT2D eigenvalue weighted by atomic mass is 16.2. The van der Waals surface area contributed by atoms with Crippen molar-refractivity contribution >= 4 is 5.91 Å². The first-order valence-corrected chi connectivity index (χ1v) is 18.7. The molecule has 0 saturated carbocycles. The van der Waals surface area contributed by atoms with Crippen molar-refractivity contribution in [3.63, 3.8) is 0 Å². The Morgan fingerprint density at radius 2 is 0.833 bits per heavy atom. The van der Waals surface area contributed by atoms with Gasteiger partial charge in [0, 0.05) is 18.7 Å². The van der Waals surface area contributed by atoms with Gasteiger partial charge in [0.2, 0.25) is 0 Å². The van der Waals surface area contributed by atoms with Crippen molar-refractivity contribution in [1.29, 1.82) is 0 Å². The van der Waals surface area contributed by atoms with Crippen LogP contribution in [-0.2, 0) is 0 Å². The summed E-state index contributed by atoms with van der Waals surface area (Å²) in [4.78, 5) is 14.6. The van der Waals surface area contributed by atoms with Crippen LogP contribution in [0, 0.1) is 0 Å². The number of nitrogens with zero attached hydrogens (tertiary/aromatic N) is 1. The van der Waals surface area contributed by atoms with Gasteiger partial charge in [-0.25, -0.2) is 0 Å². The number of hydrogen-bond donors (Lipinski definition) is 0. The van der Waals surface area contributed by atoms with Crippen molar-refractivity contribution in [2.75, 3.05) is 13.1 Å². The largest absolute Gasteiger partial charge is 0.335 e. The highest BCUT2D eigenvalue weighted by Crippen LogP contribution is 2.16. The first kappa shape index (κ1) is 38.5. The maximum Gasteiger partial charge on any atom is 0.254 e. The van der Waals surface area contributed by atoms with E-state index in [-0.39, 0.29) is 5.91 Å². The summed E-state index contributed by atoms with van der Waals surface area (Å²) < 4.78 is 0. The Morgan fingerprint density at radius 3 is 1.14 bits per heavy atom. The third-order valence-electron chi connectivity index (χ3n) is 8.94. The van der Waals surface area contributed by atoms with E-state index in [9.17, 15) is 4.79 Å². The molecule has 0 bridgehead atoms. The lowest BCUT2D eigenvalue weighted by Crippen LogP contribution is -2.32. The van der Waals surface area contributed by atoms with E-state index in [2.05, 4.69) is 13.5 Å². The third kappa shape index (κ3) is 23.9. The molecule has 0 atom stereocenters. The first-order valence-electron chi connectivity index (χ1n) is 18.7. The van der Waals surface area contributed by atoms with Crippen molar-refractivity contribution in [3.8, 4) is 0 Å². The van der Waals surface area contributed by atoms with Gasteiger partial charge in [-0.3, -0.25) is 4.79 Å². The monoisotopic (exact) mass is 582 g/mol. The number of carbonyl (C=O) groups is 1. The van der Waals surface area contributed by atoms with Crippen LogP contribution in [-0.4, -0.2) is 23.9 Å². The Balaban J connectivity index is 1.75. The normalized spacial score (nSPS) is 11.2. The average molecular weight is 582 g/mol. The van der Waals surface area contributed by atoms with E-state index < -0.39 is 0 Å². The quantitative estimate of drug-likeness (QED) is 0.0612. The van der Waals surface area contributed by atoms with E-state index >= 15 is 0 Å². The Hall–Kier alpha value is -1.57. The molecule has 0 heterocycles. The molecule has 0 aliphatic carbocycles. The Bertz CT molecular complexity index is 699. The summed E-state index contributed by atoms with van der Waals surface area (Å²) in [6.45, 7) is 7.60. The van der Waals surface area contributed by atoms with E-state index in [1.165, 1.54) is 173 Å². The van der Waals surface area contributed by atoms with Crippen LogP contribution in [0.1, 0.15) is 197 Å². The van der Waals surface area contributed by atoms with E-state index in [4.69, 9.17) is 0 Å². The molecule has 42 heavy (non-hydrogen) atoms. The van der Waals surface area contributed by atoms with E-state index in [0.29, 0.717) is 6.54 Å². The zero-order valence-electron chi connectivity index (χ0n) is 28.2. The van der Waals surface area contributed by atoms with Gasteiger partial charge >= 0.3 is 0 Å². The zero-order chi connectivity index (χ0) is 30.2. The standard InChI is InChI=1S/C40H71NO/c1-3-5-6-7-8-9-10-11-12-13-14-15-16-17-18-19-20-21-22-23-24-25-26-27-28-29-30-34-38-41(37-4-2)40(42)39-35-32-31-33-36-39/h4,31-33,35-36H,2-3,5-30,34,37-38H2,1H3. The van der Waals surface area contributed by atoms with Gasteiger partial charge in [0.25, 0.3) is 5.91 Å². The number of carbonyl (C=O) groups excluding carboxylic acids is 1. The van der Waals surface area contributed by atoms with Gasteiger partial charge in [-0.1, -0.05) is 205 Å². The van der Waals surface area contributed by atoms with E-state index in [1.54, 1.807) is 0 Å². The van der Waals surface area contributed by atoms with Crippen molar-refractivity contribution in [2.45, 2.75) is 187 Å². The topological polar surface area (TPSA) is 20.3 Å². The number of hydrogen-bond acceptors (Lipinski definition) is 1. The molecule has 0 unspecified atom stereocenters. The molecule has 0 aliphatic heterocycles. The SMILES string of the molecule is C=CCN(CCCCCCCCCCCCCCCCCCCCCCCCCCCCCC)C(=O)c1ccccc1. The second kappa shape index (κ2) is 30.9. The molecule has 1 rings (SSSR count). The number of amides is 1. The van der Waals surface area contributed by atoms with Gasteiger partial charge in [0.1, 0.15) is 0 Å². The van der Waals surface area contributed by atoms with Gasteiger partial charge in [0.05, 0.1) is 0 Å². The molecule has 1 amide bonds. The molecule has 0 N–H and O–H groups in total. The predicted molar refractivity (Wildman–Crippen MR) is 187 cm³/mol. The smallest absolute Gasteiger partial charge is 0.254 e. The Labute approximate surface area is 263 Å². The summed E-state index contributed by atoms with van der Waals surface area (Å²) in [5, 5.41) is 0. The Morgan fingerprint density at radius 1 is 0.524 bits per heavy atom. The molecular weight excluding hydrogens is 510 g/mol. The summed E-state index contributed by atoms with van der Waals surface area (Å²) >= 11 is 0. The van der Waals surface area contributed by atoms with Crippen LogP contribution in [0.25, 0.3) is 0 Å². The van der Waals surface area contributed by atoms with Gasteiger partial charge in [0.15, 0.2) is 0 Å². The summed E-state index contributed by atoms with van der Waals surface area (Å²) in [6, 6.07) is 9.63. The van der Waals surface area contributed by atoms with Crippen molar-refractivity contribution in [1.82, 2.24) is 4.90 Å². The molecule has 0 aliphatic rings. The van der Waals surface area contributed by atoms with Crippen LogP contribution in [0.5, 0.6) is 0 Å². The zero-order valence-corrected chi connectivity index (χ0v) is 28.2. The number of benzene rings is 1. The molecule has 0 fully saturated rings. The lowest BCUT2D eigenvalue weighted by Gasteiger charge is -2.21. The predicted octanol–water partition coefficient (Wildman–Crippen LogP) is 13.3. The maximum atomic E-state index is 12.7. The van der Waals surface area contributed by atoms with Crippen LogP contribution in [0.2, 0.25) is 0 Å². The summed E-state index contributed by atoms with van der Waals surface area (Å²) in [5.41, 5.74) is 0.777. The maximum absolute atomic E-state index is 12.7. The lowest BCUT2D eigenvalue weighted by atomic mass is 10.0. The van der Waals surface area contributed by atoms with Gasteiger partial charge in [-0.05, 0) is 18.6 Å². The fourth-order valence-corrected chi connectivity index (χ4v) is 6.17. The molecule has 0 saturated heterocycles. The molecule has 242 valence electrons. The van der Waals surface area contributed by atoms with Crippen molar-refractivity contribution in [2.24, 2.45) is 0 Å². The van der Waals surface area contributed by atoms with Crippen LogP contribution in [0.3, 0.4) is 0 Å². The van der Waals surface area contributed by atoms with Crippen molar-refractivity contribution < 1.29 is 4.79 Å². The molecule has 0 radical (unpaired) electrons. The molecule has 0 aromatic heterocycles. The summed E-state index contributed by atoms with van der Waals surface area (Å²) in [7, 11) is 0. The second-order valence-corrected chi connectivity index (χ2v) is 13.0. The van der Waals surface area contributed by atoms with E-state index in [0.717, 1.165) is 18.5 Å². The molecule has 2 heteroatoms. The van der Waals surface area contributed by atoms with Gasteiger partial charge < -0.3 is 4.90 Å². The molecule has 2 nitrogen and oxygen atoms in total. The fraction of sp³-hybridized carbons (Fsp3) is 0.775. The van der Waals surface area contributed by atoms with Crippen LogP contribution >= 0.6 is 0 Å². The minimum Gasteiger partial charge on any atom is -0.335 e. The minimum atomic E-state index is 0.125. The Kier molecular flexibility index (Phi) is 28.3. The lowest BCUT2D eigenvalue weighted by molar-refractivity contribution is 0.0771. The van der Waals surface area contributed by atoms with Gasteiger partial charge in [-0.15, -0.1) is 6.58 Å². The third-order valence-corrected chi connectivity index (χ3v) is 8.94. The summed E-state index contributed by atoms with van der Waals surface area (Å²) in [5.74, 6) is 0.125. The van der Waals surface area contributed by atoms with Gasteiger partial charge in [-0.2, -0.15) is 0 Å². The van der Waals surface area contributed by atoms with Crippen LogP contribution in [0.15, 0.2) is 43.0 Å². The molecule has 1 aromatic rings. The van der Waals surface area contributed by atoms with E-state index in [1.807, 2.05) is 41.3 Å². The highest BCUT2D eigenvalue weighted by Gasteiger charge is 2.13.